The van der Waals surface area contributed by atoms with Crippen LogP contribution in [0.4, 0.5) is 5.13 Å². The van der Waals surface area contributed by atoms with Gasteiger partial charge < -0.3 is 0 Å². The Bertz CT molecular complexity index is 704. The van der Waals surface area contributed by atoms with Crippen molar-refractivity contribution in [3.05, 3.63) is 38.8 Å². The van der Waals surface area contributed by atoms with Gasteiger partial charge in [-0.05, 0) is 54.4 Å². The van der Waals surface area contributed by atoms with Crippen molar-refractivity contribution in [2.75, 3.05) is 4.72 Å². The fraction of sp³-hybridized carbons (Fsp3) is 0.250. The summed E-state index contributed by atoms with van der Waals surface area (Å²) in [5.41, 5.74) is 1.83. The van der Waals surface area contributed by atoms with Gasteiger partial charge in [0.25, 0.3) is 10.0 Å². The summed E-state index contributed by atoms with van der Waals surface area (Å²) in [6.45, 7) is 5.67. The minimum Gasteiger partial charge on any atom is -0.255 e. The highest BCUT2D eigenvalue weighted by Crippen LogP contribution is 2.27. The normalized spacial score (nSPS) is 11.6. The van der Waals surface area contributed by atoms with Crippen molar-refractivity contribution >= 4 is 42.4 Å². The number of sulfonamides is 1. The van der Waals surface area contributed by atoms with Crippen LogP contribution >= 0.6 is 27.3 Å². The monoisotopic (exact) mass is 360 g/mol. The maximum atomic E-state index is 12.3. The maximum absolute atomic E-state index is 12.3. The highest BCUT2D eigenvalue weighted by Gasteiger charge is 2.19. The Morgan fingerprint density at radius 1 is 1.26 bits per heavy atom. The molecule has 0 aliphatic rings. The predicted octanol–water partition coefficient (Wildman–Crippen LogP) is 3.63. The fourth-order valence-electron chi connectivity index (χ4n) is 1.51. The Morgan fingerprint density at radius 3 is 2.47 bits per heavy atom. The minimum atomic E-state index is -3.61. The standard InChI is InChI=1S/C12H13BrN2O2S2/c1-7-4-5-11(10(13)6-7)19(16,17)15-12-14-8(2)9(3)18-12/h4-6H,1-3H3,(H,14,15). The number of anilines is 1. The summed E-state index contributed by atoms with van der Waals surface area (Å²) in [6, 6.07) is 5.11. The molecule has 1 heterocycles. The van der Waals surface area contributed by atoms with Gasteiger partial charge in [-0.1, -0.05) is 6.07 Å². The van der Waals surface area contributed by atoms with Crippen LogP contribution in [-0.4, -0.2) is 13.4 Å². The van der Waals surface area contributed by atoms with Crippen molar-refractivity contribution in [1.82, 2.24) is 4.98 Å². The van der Waals surface area contributed by atoms with Crippen molar-refractivity contribution < 1.29 is 8.42 Å². The zero-order valence-corrected chi connectivity index (χ0v) is 13.9. The topological polar surface area (TPSA) is 59.1 Å². The lowest BCUT2D eigenvalue weighted by Crippen LogP contribution is -2.13. The van der Waals surface area contributed by atoms with E-state index in [9.17, 15) is 8.42 Å². The molecule has 0 atom stereocenters. The maximum Gasteiger partial charge on any atom is 0.264 e. The number of aromatic nitrogens is 1. The van der Waals surface area contributed by atoms with E-state index in [1.807, 2.05) is 20.8 Å². The van der Waals surface area contributed by atoms with Crippen LogP contribution in [0.25, 0.3) is 0 Å². The molecule has 0 fully saturated rings. The Morgan fingerprint density at radius 2 is 1.95 bits per heavy atom. The van der Waals surface area contributed by atoms with E-state index >= 15 is 0 Å². The SMILES string of the molecule is Cc1ccc(S(=O)(=O)Nc2nc(C)c(C)s2)c(Br)c1. The van der Waals surface area contributed by atoms with Crippen molar-refractivity contribution in [1.29, 1.82) is 0 Å². The smallest absolute Gasteiger partial charge is 0.255 e. The molecular formula is C12H13BrN2O2S2. The van der Waals surface area contributed by atoms with E-state index in [1.54, 1.807) is 18.2 Å². The largest absolute Gasteiger partial charge is 0.264 e. The van der Waals surface area contributed by atoms with Crippen molar-refractivity contribution in [2.45, 2.75) is 25.7 Å². The molecule has 0 spiro atoms. The zero-order valence-electron chi connectivity index (χ0n) is 10.7. The Balaban J connectivity index is 2.37. The first kappa shape index (κ1) is 14.5. The third-order valence-electron chi connectivity index (χ3n) is 2.63. The summed E-state index contributed by atoms with van der Waals surface area (Å²) in [7, 11) is -3.61. The molecule has 0 unspecified atom stereocenters. The molecule has 4 nitrogen and oxygen atoms in total. The van der Waals surface area contributed by atoms with Gasteiger partial charge in [0, 0.05) is 9.35 Å². The van der Waals surface area contributed by atoms with Gasteiger partial charge in [-0.3, -0.25) is 4.72 Å². The zero-order chi connectivity index (χ0) is 14.2. The third kappa shape index (κ3) is 3.16. The first-order chi connectivity index (χ1) is 8.79. The van der Waals surface area contributed by atoms with Crippen molar-refractivity contribution in [2.24, 2.45) is 0 Å². The number of thiazole rings is 1. The number of nitrogens with zero attached hydrogens (tertiary/aromatic N) is 1. The summed E-state index contributed by atoms with van der Waals surface area (Å²) >= 11 is 4.61. The second-order valence-electron chi connectivity index (χ2n) is 4.20. The van der Waals surface area contributed by atoms with Crippen LogP contribution in [0.2, 0.25) is 0 Å². The van der Waals surface area contributed by atoms with Crippen molar-refractivity contribution in [3.63, 3.8) is 0 Å². The van der Waals surface area contributed by atoms with E-state index < -0.39 is 10.0 Å². The Kier molecular flexibility index (Phi) is 3.98. The lowest BCUT2D eigenvalue weighted by molar-refractivity contribution is 0.600. The lowest BCUT2D eigenvalue weighted by atomic mass is 10.2. The van der Waals surface area contributed by atoms with Gasteiger partial charge in [0.05, 0.1) is 5.69 Å². The van der Waals surface area contributed by atoms with E-state index in [0.29, 0.717) is 9.60 Å². The van der Waals surface area contributed by atoms with Crippen LogP contribution in [0.5, 0.6) is 0 Å². The van der Waals surface area contributed by atoms with Gasteiger partial charge in [-0.2, -0.15) is 0 Å². The average Bonchev–Trinajstić information content (AvgIpc) is 2.56. The van der Waals surface area contributed by atoms with Crippen LogP contribution in [-0.2, 0) is 10.0 Å². The minimum absolute atomic E-state index is 0.212. The van der Waals surface area contributed by atoms with E-state index in [0.717, 1.165) is 16.1 Å². The summed E-state index contributed by atoms with van der Waals surface area (Å²) in [4.78, 5) is 5.39. The molecular weight excluding hydrogens is 348 g/mol. The number of halogens is 1. The molecule has 0 aliphatic heterocycles. The Hall–Kier alpha value is -0.920. The predicted molar refractivity (Wildman–Crippen MR) is 81.3 cm³/mol. The second kappa shape index (κ2) is 5.22. The fourth-order valence-corrected chi connectivity index (χ4v) is 4.75. The highest BCUT2D eigenvalue weighted by atomic mass is 79.9. The van der Waals surface area contributed by atoms with Crippen LogP contribution in [0.1, 0.15) is 16.1 Å². The molecule has 0 radical (unpaired) electrons. The van der Waals surface area contributed by atoms with E-state index in [1.165, 1.54) is 11.3 Å². The molecule has 2 aromatic rings. The van der Waals surface area contributed by atoms with Gasteiger partial charge >= 0.3 is 0 Å². The van der Waals surface area contributed by atoms with E-state index in [2.05, 4.69) is 25.6 Å². The summed E-state index contributed by atoms with van der Waals surface area (Å²) in [5.74, 6) is 0. The van der Waals surface area contributed by atoms with E-state index in [-0.39, 0.29) is 4.90 Å². The van der Waals surface area contributed by atoms with Crippen LogP contribution < -0.4 is 4.72 Å². The molecule has 2 rings (SSSR count). The summed E-state index contributed by atoms with van der Waals surface area (Å²) in [6.07, 6.45) is 0. The highest BCUT2D eigenvalue weighted by molar-refractivity contribution is 9.10. The molecule has 19 heavy (non-hydrogen) atoms. The van der Waals surface area contributed by atoms with Gasteiger partial charge in [0.1, 0.15) is 4.90 Å². The molecule has 0 saturated heterocycles. The molecule has 1 N–H and O–H groups in total. The summed E-state index contributed by atoms with van der Waals surface area (Å²) < 4.78 is 27.6. The summed E-state index contributed by atoms with van der Waals surface area (Å²) in [5, 5.41) is 0.391. The van der Waals surface area contributed by atoms with Crippen molar-refractivity contribution in [3.8, 4) is 0 Å². The average molecular weight is 361 g/mol. The number of hydrogen-bond acceptors (Lipinski definition) is 4. The number of rotatable bonds is 3. The Labute approximate surface area is 125 Å². The number of aryl methyl sites for hydroxylation is 3. The van der Waals surface area contributed by atoms with Crippen LogP contribution in [0.15, 0.2) is 27.6 Å². The molecule has 0 saturated carbocycles. The third-order valence-corrected chi connectivity index (χ3v) is 6.06. The van der Waals surface area contributed by atoms with Gasteiger partial charge in [-0.15, -0.1) is 11.3 Å². The molecule has 1 aromatic heterocycles. The number of hydrogen-bond donors (Lipinski definition) is 1. The number of nitrogens with one attached hydrogen (secondary N) is 1. The van der Waals surface area contributed by atoms with E-state index in [4.69, 9.17) is 0 Å². The van der Waals surface area contributed by atoms with Crippen LogP contribution in [0.3, 0.4) is 0 Å². The van der Waals surface area contributed by atoms with Gasteiger partial charge in [-0.25, -0.2) is 13.4 Å². The molecule has 0 aliphatic carbocycles. The molecule has 0 bridgehead atoms. The molecule has 7 heteroatoms. The lowest BCUT2D eigenvalue weighted by Gasteiger charge is -2.07. The first-order valence-electron chi connectivity index (χ1n) is 5.52. The van der Waals surface area contributed by atoms with Gasteiger partial charge in [0.15, 0.2) is 5.13 Å². The molecule has 1 aromatic carbocycles. The first-order valence-corrected chi connectivity index (χ1v) is 8.62. The number of benzene rings is 1. The van der Waals surface area contributed by atoms with Crippen LogP contribution in [0, 0.1) is 20.8 Å². The second-order valence-corrected chi connectivity index (χ2v) is 7.91. The molecule has 102 valence electrons. The molecule has 0 amide bonds. The quantitative estimate of drug-likeness (QED) is 0.908. The van der Waals surface area contributed by atoms with Gasteiger partial charge in [0.2, 0.25) is 0 Å².